The van der Waals surface area contributed by atoms with Crippen molar-refractivity contribution in [2.24, 2.45) is 0 Å². The smallest absolute Gasteiger partial charge is 0.416 e. The molecule has 0 unspecified atom stereocenters. The molecule has 0 fully saturated rings. The largest absolute Gasteiger partial charge is 0.443 e. The van der Waals surface area contributed by atoms with Crippen LogP contribution in [0, 0.1) is 0 Å². The van der Waals surface area contributed by atoms with Gasteiger partial charge in [0.15, 0.2) is 0 Å². The van der Waals surface area contributed by atoms with Crippen LogP contribution in [0.4, 0.5) is 4.79 Å². The summed E-state index contributed by atoms with van der Waals surface area (Å²) in [6, 6.07) is 3.74. The van der Waals surface area contributed by atoms with E-state index < -0.39 is 11.7 Å². The number of aliphatic hydroxyl groups excluding tert-OH is 1. The van der Waals surface area contributed by atoms with Crippen molar-refractivity contribution < 1.29 is 14.6 Å². The molecule has 2 rings (SSSR count). The summed E-state index contributed by atoms with van der Waals surface area (Å²) in [6.07, 6.45) is 6.92. The molecule has 1 aliphatic heterocycles. The maximum atomic E-state index is 12.3. The zero-order valence-corrected chi connectivity index (χ0v) is 12.0. The van der Waals surface area contributed by atoms with Gasteiger partial charge in [-0.25, -0.2) is 4.79 Å². The number of hydrogen-bond acceptors (Lipinski definition) is 3. The summed E-state index contributed by atoms with van der Waals surface area (Å²) in [5.41, 5.74) is 0.123. The first-order valence-corrected chi connectivity index (χ1v) is 6.57. The first kappa shape index (κ1) is 14.4. The van der Waals surface area contributed by atoms with Crippen LogP contribution in [-0.2, 0) is 4.74 Å². The molecule has 2 heterocycles. The molecule has 5 nitrogen and oxygen atoms in total. The highest BCUT2D eigenvalue weighted by atomic mass is 16.6. The van der Waals surface area contributed by atoms with E-state index in [2.05, 4.69) is 0 Å². The van der Waals surface area contributed by atoms with E-state index in [0.717, 1.165) is 0 Å². The molecule has 1 aliphatic rings. The highest BCUT2D eigenvalue weighted by Crippen LogP contribution is 2.24. The third kappa shape index (κ3) is 3.11. The third-order valence-corrected chi connectivity index (χ3v) is 2.78. The Morgan fingerprint density at radius 1 is 1.35 bits per heavy atom. The fraction of sp³-hybridized carbons (Fsp3) is 0.400. The molecule has 1 aromatic rings. The highest BCUT2D eigenvalue weighted by Gasteiger charge is 2.28. The van der Waals surface area contributed by atoms with Crippen LogP contribution in [0.1, 0.15) is 20.8 Å². The molecule has 0 aromatic carbocycles. The number of rotatable bonds is 2. The summed E-state index contributed by atoms with van der Waals surface area (Å²) >= 11 is 0. The van der Waals surface area contributed by atoms with Gasteiger partial charge in [-0.05, 0) is 32.9 Å². The standard InChI is InChI=1S/C15H20N2O3/c1-15(2,3)20-14(19)17-10-6-7-12(11-18)13(17)16-8-4-5-9-16/h4-9,18H,10-11H2,1-3H3. The minimum absolute atomic E-state index is 0.136. The minimum atomic E-state index is -0.556. The molecule has 0 aliphatic carbocycles. The first-order valence-electron chi connectivity index (χ1n) is 6.57. The van der Waals surface area contributed by atoms with Crippen LogP contribution in [0.5, 0.6) is 0 Å². The van der Waals surface area contributed by atoms with Gasteiger partial charge in [-0.2, -0.15) is 0 Å². The van der Waals surface area contributed by atoms with E-state index in [9.17, 15) is 9.90 Å². The van der Waals surface area contributed by atoms with E-state index in [0.29, 0.717) is 17.9 Å². The Balaban J connectivity index is 2.35. The van der Waals surface area contributed by atoms with Crippen molar-refractivity contribution in [2.45, 2.75) is 26.4 Å². The van der Waals surface area contributed by atoms with Gasteiger partial charge in [-0.15, -0.1) is 0 Å². The van der Waals surface area contributed by atoms with Crippen molar-refractivity contribution in [3.05, 3.63) is 42.3 Å². The second kappa shape index (κ2) is 5.54. The number of hydrogen-bond donors (Lipinski definition) is 1. The summed E-state index contributed by atoms with van der Waals surface area (Å²) in [4.78, 5) is 13.8. The molecule has 0 bridgehead atoms. The molecule has 1 amide bonds. The first-order chi connectivity index (χ1) is 9.42. The Hall–Kier alpha value is -2.01. The summed E-state index contributed by atoms with van der Waals surface area (Å²) in [7, 11) is 0. The van der Waals surface area contributed by atoms with Gasteiger partial charge in [0.1, 0.15) is 11.4 Å². The molecule has 1 N–H and O–H groups in total. The topological polar surface area (TPSA) is 54.7 Å². The fourth-order valence-corrected chi connectivity index (χ4v) is 2.02. The Bertz CT molecular complexity index is 536. The Morgan fingerprint density at radius 2 is 2.00 bits per heavy atom. The molecular formula is C15H20N2O3. The van der Waals surface area contributed by atoms with Gasteiger partial charge in [0.05, 0.1) is 6.61 Å². The molecule has 5 heteroatoms. The molecule has 0 saturated heterocycles. The van der Waals surface area contributed by atoms with Gasteiger partial charge < -0.3 is 14.4 Å². The number of aromatic nitrogens is 1. The quantitative estimate of drug-likeness (QED) is 0.902. The van der Waals surface area contributed by atoms with Crippen molar-refractivity contribution in [2.75, 3.05) is 13.2 Å². The van der Waals surface area contributed by atoms with Crippen molar-refractivity contribution in [1.29, 1.82) is 0 Å². The van der Waals surface area contributed by atoms with Gasteiger partial charge in [0.2, 0.25) is 0 Å². The Kier molecular flexibility index (Phi) is 3.99. The number of nitrogens with zero attached hydrogens (tertiary/aromatic N) is 2. The second-order valence-electron chi connectivity index (χ2n) is 5.59. The molecule has 0 atom stereocenters. The lowest BCUT2D eigenvalue weighted by Crippen LogP contribution is -2.39. The fourth-order valence-electron chi connectivity index (χ4n) is 2.02. The number of amides is 1. The summed E-state index contributed by atoms with van der Waals surface area (Å²) < 4.78 is 7.23. The molecular weight excluding hydrogens is 256 g/mol. The van der Waals surface area contributed by atoms with Crippen LogP contribution in [0.15, 0.2) is 42.3 Å². The van der Waals surface area contributed by atoms with Crippen LogP contribution in [0.2, 0.25) is 0 Å². The number of carbonyl (C=O) groups is 1. The third-order valence-electron chi connectivity index (χ3n) is 2.78. The van der Waals surface area contributed by atoms with Crippen LogP contribution < -0.4 is 0 Å². The summed E-state index contributed by atoms with van der Waals surface area (Å²) in [5.74, 6) is 0.634. The highest BCUT2D eigenvalue weighted by molar-refractivity contribution is 5.79. The van der Waals surface area contributed by atoms with E-state index in [1.807, 2.05) is 57.4 Å². The minimum Gasteiger partial charge on any atom is -0.443 e. The molecule has 0 saturated carbocycles. The lowest BCUT2D eigenvalue weighted by Gasteiger charge is -2.31. The van der Waals surface area contributed by atoms with Crippen LogP contribution in [0.3, 0.4) is 0 Å². The van der Waals surface area contributed by atoms with Gasteiger partial charge in [0, 0.05) is 24.5 Å². The second-order valence-corrected chi connectivity index (χ2v) is 5.59. The maximum absolute atomic E-state index is 12.3. The molecule has 0 radical (unpaired) electrons. The van der Waals surface area contributed by atoms with Gasteiger partial charge in [0.25, 0.3) is 0 Å². The van der Waals surface area contributed by atoms with E-state index in [4.69, 9.17) is 4.74 Å². The molecule has 20 heavy (non-hydrogen) atoms. The van der Waals surface area contributed by atoms with E-state index in [-0.39, 0.29) is 6.61 Å². The van der Waals surface area contributed by atoms with Crippen LogP contribution >= 0.6 is 0 Å². The molecule has 108 valence electrons. The maximum Gasteiger partial charge on any atom is 0.416 e. The number of aliphatic hydroxyl groups is 1. The zero-order valence-electron chi connectivity index (χ0n) is 12.0. The van der Waals surface area contributed by atoms with E-state index in [1.165, 1.54) is 4.90 Å². The molecule has 0 spiro atoms. The van der Waals surface area contributed by atoms with E-state index in [1.54, 1.807) is 4.57 Å². The number of carbonyl (C=O) groups excluding carboxylic acids is 1. The monoisotopic (exact) mass is 276 g/mol. The SMILES string of the molecule is CC(C)(C)OC(=O)N1CC=CC(CO)=C1n1cccc1. The average Bonchev–Trinajstić information content (AvgIpc) is 2.89. The lowest BCUT2D eigenvalue weighted by atomic mass is 10.2. The van der Waals surface area contributed by atoms with Gasteiger partial charge in [-0.3, -0.25) is 4.90 Å². The number of ether oxygens (including phenoxy) is 1. The van der Waals surface area contributed by atoms with Crippen LogP contribution in [-0.4, -0.2) is 39.4 Å². The van der Waals surface area contributed by atoms with Crippen molar-refractivity contribution in [3.63, 3.8) is 0 Å². The van der Waals surface area contributed by atoms with Gasteiger partial charge in [-0.1, -0.05) is 12.2 Å². The summed E-state index contributed by atoms with van der Waals surface area (Å²) in [5, 5.41) is 9.49. The lowest BCUT2D eigenvalue weighted by molar-refractivity contribution is 0.0357. The normalized spacial score (nSPS) is 15.7. The van der Waals surface area contributed by atoms with Crippen LogP contribution in [0.25, 0.3) is 5.82 Å². The summed E-state index contributed by atoms with van der Waals surface area (Å²) in [6.45, 7) is 5.78. The van der Waals surface area contributed by atoms with Gasteiger partial charge >= 0.3 is 6.09 Å². The Morgan fingerprint density at radius 3 is 2.55 bits per heavy atom. The molecule has 1 aromatic heterocycles. The average molecular weight is 276 g/mol. The Labute approximate surface area is 118 Å². The zero-order chi connectivity index (χ0) is 14.8. The van der Waals surface area contributed by atoms with Crippen molar-refractivity contribution in [3.8, 4) is 0 Å². The van der Waals surface area contributed by atoms with Crippen molar-refractivity contribution in [1.82, 2.24) is 9.47 Å². The predicted octanol–water partition coefficient (Wildman–Crippen LogP) is 2.46. The predicted molar refractivity (Wildman–Crippen MR) is 76.8 cm³/mol. The van der Waals surface area contributed by atoms with Crippen molar-refractivity contribution >= 4 is 11.9 Å². The van der Waals surface area contributed by atoms with E-state index >= 15 is 0 Å².